The molecule has 0 saturated carbocycles. The zero-order chi connectivity index (χ0) is 22.8. The summed E-state index contributed by atoms with van der Waals surface area (Å²) in [6.45, 7) is 6.28. The molecular weight excluding hydrogens is 446 g/mol. The highest BCUT2D eigenvalue weighted by Gasteiger charge is 2.24. The second-order valence-electron chi connectivity index (χ2n) is 7.43. The SMILES string of the molecule is CCC(C(=O)Nc1nnc(COC)s1)n1cnc2scc(-c3ccc(C)c(C)c3)c2c1=O. The molecule has 1 atom stereocenters. The first-order chi connectivity index (χ1) is 15.4. The lowest BCUT2D eigenvalue weighted by atomic mass is 10.0. The number of anilines is 1. The normalized spacial score (nSPS) is 12.2. The number of aromatic nitrogens is 4. The minimum atomic E-state index is -0.721. The minimum absolute atomic E-state index is 0.233. The summed E-state index contributed by atoms with van der Waals surface area (Å²) in [7, 11) is 1.57. The average Bonchev–Trinajstić information content (AvgIpc) is 3.40. The van der Waals surface area contributed by atoms with E-state index in [0.29, 0.717) is 33.4 Å². The molecule has 10 heteroatoms. The number of carbonyl (C=O) groups is 1. The number of methoxy groups -OCH3 is 1. The second-order valence-corrected chi connectivity index (χ2v) is 9.35. The number of aryl methyl sites for hydroxylation is 2. The maximum Gasteiger partial charge on any atom is 0.263 e. The molecule has 0 radical (unpaired) electrons. The van der Waals surface area contributed by atoms with Gasteiger partial charge in [-0.15, -0.1) is 21.5 Å². The molecule has 0 aliphatic carbocycles. The lowest BCUT2D eigenvalue weighted by molar-refractivity contribution is -0.119. The van der Waals surface area contributed by atoms with Crippen LogP contribution in [-0.4, -0.2) is 32.8 Å². The minimum Gasteiger partial charge on any atom is -0.377 e. The van der Waals surface area contributed by atoms with E-state index in [1.165, 1.54) is 39.1 Å². The molecule has 4 rings (SSSR count). The zero-order valence-electron chi connectivity index (χ0n) is 18.2. The number of ether oxygens (including phenoxy) is 1. The Bertz CT molecular complexity index is 1340. The molecule has 3 heterocycles. The lowest BCUT2D eigenvalue weighted by Gasteiger charge is -2.16. The molecule has 8 nitrogen and oxygen atoms in total. The van der Waals surface area contributed by atoms with Gasteiger partial charge >= 0.3 is 0 Å². The van der Waals surface area contributed by atoms with Crippen molar-refractivity contribution in [3.63, 3.8) is 0 Å². The fourth-order valence-electron chi connectivity index (χ4n) is 3.47. The van der Waals surface area contributed by atoms with Crippen molar-refractivity contribution in [1.82, 2.24) is 19.7 Å². The average molecular weight is 470 g/mol. The van der Waals surface area contributed by atoms with Crippen LogP contribution >= 0.6 is 22.7 Å². The summed E-state index contributed by atoms with van der Waals surface area (Å²) in [4.78, 5) is 31.6. The van der Waals surface area contributed by atoms with Gasteiger partial charge in [0.15, 0.2) is 0 Å². The molecule has 166 valence electrons. The highest BCUT2D eigenvalue weighted by atomic mass is 32.1. The maximum absolute atomic E-state index is 13.5. The molecule has 0 fully saturated rings. The lowest BCUT2D eigenvalue weighted by Crippen LogP contribution is -2.33. The Morgan fingerprint density at radius 2 is 2.06 bits per heavy atom. The van der Waals surface area contributed by atoms with Crippen LogP contribution in [0.25, 0.3) is 21.3 Å². The molecule has 1 N–H and O–H groups in total. The number of benzene rings is 1. The predicted octanol–water partition coefficient (Wildman–Crippen LogP) is 4.33. The van der Waals surface area contributed by atoms with Crippen LogP contribution in [0.1, 0.15) is 35.5 Å². The van der Waals surface area contributed by atoms with Gasteiger partial charge < -0.3 is 4.74 Å². The molecule has 0 aliphatic rings. The first-order valence-electron chi connectivity index (χ1n) is 10.1. The van der Waals surface area contributed by atoms with Gasteiger partial charge in [0, 0.05) is 18.1 Å². The van der Waals surface area contributed by atoms with E-state index in [-0.39, 0.29) is 11.5 Å². The maximum atomic E-state index is 13.5. The molecule has 3 aromatic heterocycles. The van der Waals surface area contributed by atoms with Gasteiger partial charge in [-0.25, -0.2) is 4.98 Å². The number of hydrogen-bond acceptors (Lipinski definition) is 8. The van der Waals surface area contributed by atoms with E-state index in [2.05, 4.69) is 33.5 Å². The smallest absolute Gasteiger partial charge is 0.263 e. The highest BCUT2D eigenvalue weighted by Crippen LogP contribution is 2.32. The van der Waals surface area contributed by atoms with Gasteiger partial charge in [0.2, 0.25) is 11.0 Å². The number of carbonyl (C=O) groups excluding carboxylic acids is 1. The second kappa shape index (κ2) is 9.27. The van der Waals surface area contributed by atoms with Crippen LogP contribution in [0.3, 0.4) is 0 Å². The fraction of sp³-hybridized carbons (Fsp3) is 0.318. The first-order valence-corrected chi connectivity index (χ1v) is 11.8. The Kier molecular flexibility index (Phi) is 6.45. The molecule has 1 aromatic carbocycles. The topological polar surface area (TPSA) is 99.0 Å². The number of nitrogens with one attached hydrogen (secondary N) is 1. The van der Waals surface area contributed by atoms with Crippen molar-refractivity contribution in [2.24, 2.45) is 0 Å². The third kappa shape index (κ3) is 4.21. The van der Waals surface area contributed by atoms with E-state index >= 15 is 0 Å². The van der Waals surface area contributed by atoms with Crippen LogP contribution in [0.4, 0.5) is 5.13 Å². The van der Waals surface area contributed by atoms with Crippen molar-refractivity contribution in [3.05, 3.63) is 56.4 Å². The largest absolute Gasteiger partial charge is 0.377 e. The van der Waals surface area contributed by atoms with E-state index in [4.69, 9.17) is 4.74 Å². The van der Waals surface area contributed by atoms with Crippen LogP contribution in [-0.2, 0) is 16.1 Å². The Morgan fingerprint density at radius 1 is 1.25 bits per heavy atom. The third-order valence-electron chi connectivity index (χ3n) is 5.33. The number of thiophene rings is 1. The molecule has 0 aliphatic heterocycles. The van der Waals surface area contributed by atoms with Crippen LogP contribution in [0.15, 0.2) is 34.7 Å². The van der Waals surface area contributed by atoms with E-state index in [1.807, 2.05) is 31.4 Å². The Labute approximate surface area is 192 Å². The van der Waals surface area contributed by atoms with Gasteiger partial charge in [-0.1, -0.05) is 36.5 Å². The van der Waals surface area contributed by atoms with Gasteiger partial charge in [-0.3, -0.25) is 19.5 Å². The standard InChI is InChI=1S/C22H23N5O3S2/c1-5-16(19(28)24-22-26-25-17(32-22)9-30-4)27-11-23-20-18(21(27)29)15(10-31-20)14-7-6-12(2)13(3)8-14/h6-8,10-11,16H,5,9H2,1-4H3,(H,24,26,28). The Morgan fingerprint density at radius 3 is 2.78 bits per heavy atom. The highest BCUT2D eigenvalue weighted by molar-refractivity contribution is 7.17. The van der Waals surface area contributed by atoms with Gasteiger partial charge in [0.25, 0.3) is 5.56 Å². The van der Waals surface area contributed by atoms with E-state index in [9.17, 15) is 9.59 Å². The number of amides is 1. The zero-order valence-corrected chi connectivity index (χ0v) is 19.8. The summed E-state index contributed by atoms with van der Waals surface area (Å²) < 4.78 is 6.45. The molecular formula is C22H23N5O3S2. The number of fused-ring (bicyclic) bond motifs is 1. The van der Waals surface area contributed by atoms with Crippen LogP contribution in [0, 0.1) is 13.8 Å². The van der Waals surface area contributed by atoms with Crippen molar-refractivity contribution in [2.45, 2.75) is 39.8 Å². The summed E-state index contributed by atoms with van der Waals surface area (Å²) in [5, 5.41) is 14.2. The van der Waals surface area contributed by atoms with Crippen molar-refractivity contribution < 1.29 is 9.53 Å². The summed E-state index contributed by atoms with van der Waals surface area (Å²) >= 11 is 2.66. The van der Waals surface area contributed by atoms with Gasteiger partial charge in [-0.2, -0.15) is 0 Å². The molecule has 0 bridgehead atoms. The Hall–Kier alpha value is -2.95. The molecule has 0 spiro atoms. The quantitative estimate of drug-likeness (QED) is 0.433. The molecule has 1 amide bonds. The summed E-state index contributed by atoms with van der Waals surface area (Å²) in [6.07, 6.45) is 1.88. The number of rotatable bonds is 7. The predicted molar refractivity (Wildman–Crippen MR) is 127 cm³/mol. The number of nitrogens with zero attached hydrogens (tertiary/aromatic N) is 4. The van der Waals surface area contributed by atoms with Crippen molar-refractivity contribution >= 4 is 43.9 Å². The van der Waals surface area contributed by atoms with E-state index < -0.39 is 6.04 Å². The van der Waals surface area contributed by atoms with Crippen LogP contribution in [0.5, 0.6) is 0 Å². The van der Waals surface area contributed by atoms with Gasteiger partial charge in [0.05, 0.1) is 11.7 Å². The van der Waals surface area contributed by atoms with Gasteiger partial charge in [-0.05, 0) is 37.0 Å². The van der Waals surface area contributed by atoms with Crippen molar-refractivity contribution in [3.8, 4) is 11.1 Å². The first kappa shape index (κ1) is 22.3. The van der Waals surface area contributed by atoms with Crippen LogP contribution in [0.2, 0.25) is 0 Å². The van der Waals surface area contributed by atoms with Crippen molar-refractivity contribution in [1.29, 1.82) is 0 Å². The van der Waals surface area contributed by atoms with E-state index in [0.717, 1.165) is 16.7 Å². The monoisotopic (exact) mass is 469 g/mol. The van der Waals surface area contributed by atoms with Gasteiger partial charge in [0.1, 0.15) is 22.5 Å². The third-order valence-corrected chi connectivity index (χ3v) is 7.03. The summed E-state index contributed by atoms with van der Waals surface area (Å²) in [6, 6.07) is 5.41. The van der Waals surface area contributed by atoms with Crippen molar-refractivity contribution in [2.75, 3.05) is 12.4 Å². The summed E-state index contributed by atoms with van der Waals surface area (Å²) in [5.74, 6) is -0.334. The number of hydrogen-bond donors (Lipinski definition) is 1. The Balaban J connectivity index is 1.70. The molecule has 32 heavy (non-hydrogen) atoms. The summed E-state index contributed by atoms with van der Waals surface area (Å²) in [5.41, 5.74) is 3.92. The molecule has 4 aromatic rings. The molecule has 1 unspecified atom stereocenters. The van der Waals surface area contributed by atoms with E-state index in [1.54, 1.807) is 7.11 Å². The molecule has 0 saturated heterocycles. The van der Waals surface area contributed by atoms with Crippen LogP contribution < -0.4 is 10.9 Å². The fourth-order valence-corrected chi connectivity index (χ4v) is 5.09.